The van der Waals surface area contributed by atoms with E-state index in [2.05, 4.69) is 9.47 Å². The van der Waals surface area contributed by atoms with E-state index in [4.69, 9.17) is 51.6 Å². The third kappa shape index (κ3) is 23.7. The smallest absolute Gasteiger partial charge is 0.377 e. The van der Waals surface area contributed by atoms with Crippen molar-refractivity contribution >= 4 is 63.7 Å². The predicted molar refractivity (Wildman–Crippen MR) is 475 cm³/mol. The van der Waals surface area contributed by atoms with Gasteiger partial charge in [-0.05, 0) is 258 Å². The van der Waals surface area contributed by atoms with Gasteiger partial charge in [-0.15, -0.1) is 0 Å². The highest BCUT2D eigenvalue weighted by atomic mass is 32.2. The molecule has 28 rings (SSSR count). The largest absolute Gasteiger partial charge is 0.461 e. The van der Waals surface area contributed by atoms with Crippen molar-refractivity contribution in [1.29, 1.82) is 0 Å². The first-order valence-corrected chi connectivity index (χ1v) is 52.8. The van der Waals surface area contributed by atoms with Crippen LogP contribution in [-0.4, -0.2) is 239 Å². The van der Waals surface area contributed by atoms with Crippen LogP contribution in [0.2, 0.25) is 0 Å². The topological polar surface area (TPSA) is 328 Å². The molecule has 150 heavy (non-hydrogen) atoms. The molecule has 2 spiro atoms. The van der Waals surface area contributed by atoms with Crippen molar-refractivity contribution in [2.75, 3.05) is 66.1 Å². The fraction of sp³-hybridized carbons (Fsp3) is 0.912. The monoisotopic (exact) mass is 2210 g/mol. The van der Waals surface area contributed by atoms with Gasteiger partial charge in [-0.2, -0.15) is 52.3 Å². The van der Waals surface area contributed by atoms with Crippen molar-refractivity contribution in [2.45, 2.75) is 368 Å². The van der Waals surface area contributed by atoms with E-state index in [1.54, 1.807) is 0 Å². The summed E-state index contributed by atoms with van der Waals surface area (Å²) in [5.74, 6) is -48.4. The number of halogens is 22. The molecule has 28 aliphatic rings. The molecule has 0 aromatic carbocycles. The number of aliphatic hydroxyl groups is 1. The molecule has 1 N–H and O–H groups in total. The molecule has 24 saturated carbocycles. The van der Waals surface area contributed by atoms with Crippen molar-refractivity contribution < 1.29 is 214 Å². The van der Waals surface area contributed by atoms with Gasteiger partial charge < -0.3 is 61.9 Å². The molecule has 0 aromatic heterocycles. The second-order valence-electron chi connectivity index (χ2n) is 49.4. The lowest BCUT2D eigenvalue weighted by Gasteiger charge is -2.63. The van der Waals surface area contributed by atoms with E-state index in [1.165, 1.54) is 19.3 Å². The van der Waals surface area contributed by atoms with Gasteiger partial charge in [0, 0.05) is 95.8 Å². The van der Waals surface area contributed by atoms with Crippen LogP contribution in [0.5, 0.6) is 0 Å². The van der Waals surface area contributed by atoms with Gasteiger partial charge in [-0.1, -0.05) is 14.9 Å². The summed E-state index contributed by atoms with van der Waals surface area (Å²) in [6.45, 7) is -6.57. The number of alkyl halides is 22. The Kier molecular flexibility index (Phi) is 31.5. The third-order valence-corrected chi connectivity index (χ3v) is 38.1. The summed E-state index contributed by atoms with van der Waals surface area (Å²) in [4.78, 5) is 108. The van der Waals surface area contributed by atoms with E-state index in [-0.39, 0.29) is 112 Å². The van der Waals surface area contributed by atoms with Crippen LogP contribution in [0.3, 0.4) is 0 Å². The SMILES string of the molecule is C.C.CC(F)(F)C(=O)OC12CC3CC(C1)C1(OCC(F)(F)C(F)(F)CO1)C(C3)C2.CC(F)(F)COC(=O)C12CC3CC(C1)C(=O)C(C3)C2.CC(F)(F)COC(=O)C12CC3CC(C1)C1(OCC(F)(F)C(F)(F)CO1)C(C3)C2.CC(F)(F)COC(=O)C12CC3CC(CC(C3)C1)C2.CC(F)(F)COC(=O)C12CC3CC(CC(O)(C3)C1)C2.CC(F)(F)COC(=O)C1C2CC3C(=O)OC1C3C2.CC(F)(F)COC(=O)C1C2CC3C1OS(=O)(=O)C3C2. The average molecular weight is 2210 g/mol. The zero-order valence-corrected chi connectivity index (χ0v) is 83.6. The molecule has 18 unspecified atom stereocenters. The molecule has 0 radical (unpaired) electrons. The molecular weight excluding hydrogens is 2080 g/mol. The molecule has 4 saturated heterocycles. The first-order chi connectivity index (χ1) is 68.0. The summed E-state index contributed by atoms with van der Waals surface area (Å²) in [6, 6.07) is 0. The minimum absolute atomic E-state index is 0. The lowest BCUT2D eigenvalue weighted by atomic mass is 9.47. The van der Waals surface area contributed by atoms with Gasteiger partial charge in [0.1, 0.15) is 43.9 Å². The molecule has 4 aliphatic heterocycles. The summed E-state index contributed by atoms with van der Waals surface area (Å²) >= 11 is 0. The third-order valence-electron chi connectivity index (χ3n) is 36.3. The number of ether oxygens (including phenoxy) is 12. The number of hydrogen-bond donors (Lipinski definition) is 1. The first-order valence-electron chi connectivity index (χ1n) is 51.3. The van der Waals surface area contributed by atoms with Crippen molar-refractivity contribution in [3.63, 3.8) is 0 Å². The lowest BCUT2D eigenvalue weighted by Crippen LogP contribution is -2.66. The first kappa shape index (κ1) is 118. The van der Waals surface area contributed by atoms with Crippen LogP contribution in [-0.2, 0) is 114 Å². The Morgan fingerprint density at radius 1 is 0.360 bits per heavy atom. The number of fused-ring (bicyclic) bond motifs is 2. The normalized spacial score (nSPS) is 41.1. The van der Waals surface area contributed by atoms with Crippen LogP contribution in [0.4, 0.5) is 96.6 Å². The Bertz CT molecular complexity index is 5000. The van der Waals surface area contributed by atoms with Crippen molar-refractivity contribution in [3.8, 4) is 0 Å². The Morgan fingerprint density at radius 3 is 1.05 bits per heavy atom. The summed E-state index contributed by atoms with van der Waals surface area (Å²) in [7, 11) is -3.60. The second-order valence-corrected chi connectivity index (χ2v) is 51.2. The minimum Gasteiger partial charge on any atom is -0.461 e. The van der Waals surface area contributed by atoms with Crippen LogP contribution in [0, 0.1) is 146 Å². The Labute approximate surface area is 854 Å². The zero-order chi connectivity index (χ0) is 108. The number of carbonyl (C=O) groups is 9. The number of carbonyl (C=O) groups excluding carboxylic acids is 9. The fourth-order valence-corrected chi connectivity index (χ4v) is 33.9. The van der Waals surface area contributed by atoms with Gasteiger partial charge >= 0.3 is 77.4 Å². The van der Waals surface area contributed by atoms with Crippen LogP contribution >= 0.6 is 0 Å². The maximum Gasteiger partial charge on any atom is 0.377 e. The Hall–Kier alpha value is -6.40. The number of hydrogen-bond acceptors (Lipinski definition) is 25. The lowest BCUT2D eigenvalue weighted by molar-refractivity contribution is -0.355. The summed E-state index contributed by atoms with van der Waals surface area (Å²) < 4.78 is 379. The maximum atomic E-state index is 13.8. The summed E-state index contributed by atoms with van der Waals surface area (Å²) in [6.07, 6.45) is 18.5. The molecule has 18 atom stereocenters. The molecule has 28 fully saturated rings. The van der Waals surface area contributed by atoms with Gasteiger partial charge in [0.05, 0.1) is 56.4 Å². The standard InChI is InChI=1S/C18H22F6O4.C17H20F6O4.C14H20F2O3.C14H18F2O3.C14H20F2O2.C12H14F2O4.C11H14F2O5S.2CH4/c1-14(19,20)7-26-13(25)15-4-10-2-11(5-15)18(12(3-10)6-15)27-8-16(21,22)17(23,24)9-28-18;1-13(18,19)12(24)27-14-4-9-2-10(5-14)17(11(3-9)6-14)25-7-15(20,21)16(22,23)8-26-17;1-12(15,16)8-19-11(17)13-3-9-2-10(4-13)6-14(18,5-9)7-13;1-13(15,16)7-19-12(18)14-4-8-2-9(5-14)11(17)10(3-8)6-14;1-13(15,16)8-18-12(17)14-5-9-2-10(6-14)4-11(3-9)7-14;1-12(13,14)4-17-11(16)8-5-2-6-7(3-5)10(15)18-9(6)8;1-11(12,13)4-17-10(14)8-5-2-6-7(3-5)19(15,16)18-9(6)8;;/h10-12H,2-9H2,1H3;9-11H,2-8H2,1H3;9-10,18H,2-8H2,1H3;8-10H,2-7H2,1H3;9-11H,2-8H2,1H3;5-9H,2-4H2,1H3;5-9H,2-4H2,1H3;2*1H4. The summed E-state index contributed by atoms with van der Waals surface area (Å²) in [5, 5.41) is 9.96. The molecule has 0 aromatic rings. The van der Waals surface area contributed by atoms with Gasteiger partial charge in [0.2, 0.25) is 0 Å². The Morgan fingerprint density at radius 2 is 0.673 bits per heavy atom. The molecule has 0 amide bonds. The van der Waals surface area contributed by atoms with Crippen molar-refractivity contribution in [3.05, 3.63) is 0 Å². The van der Waals surface area contributed by atoms with Crippen molar-refractivity contribution in [1.82, 2.24) is 0 Å². The highest BCUT2D eigenvalue weighted by Crippen LogP contribution is 2.71. The van der Waals surface area contributed by atoms with Crippen LogP contribution in [0.1, 0.15) is 262 Å². The average Bonchev–Trinajstić information content (AvgIpc) is 1.69. The predicted octanol–water partition coefficient (Wildman–Crippen LogP) is 19.9. The maximum absolute atomic E-state index is 13.8. The van der Waals surface area contributed by atoms with Crippen molar-refractivity contribution in [2.24, 2.45) is 146 Å². The quantitative estimate of drug-likeness (QED) is 0.0512. The van der Waals surface area contributed by atoms with Crippen LogP contribution in [0.15, 0.2) is 0 Å². The molecule has 25 nitrogen and oxygen atoms in total. The van der Waals surface area contributed by atoms with E-state index in [9.17, 15) is 153 Å². The number of Topliss-reactive ketones (excluding diaryl/α,β-unsaturated/α-hetero) is 1. The fourth-order valence-electron chi connectivity index (χ4n) is 32.0. The molecule has 854 valence electrons. The van der Waals surface area contributed by atoms with E-state index >= 15 is 0 Å². The molecule has 48 heteroatoms. The number of rotatable bonds is 20. The van der Waals surface area contributed by atoms with Gasteiger partial charge in [0.15, 0.2) is 51.2 Å². The van der Waals surface area contributed by atoms with Gasteiger partial charge in [0.25, 0.3) is 45.7 Å². The van der Waals surface area contributed by atoms with E-state index < -0.39 is 275 Å². The molecule has 24 bridgehead atoms. The molecular formula is C102H136F22O25S. The van der Waals surface area contributed by atoms with E-state index in [0.29, 0.717) is 160 Å². The number of esters is 8. The highest BCUT2D eigenvalue weighted by molar-refractivity contribution is 7.87. The second kappa shape index (κ2) is 40.2. The Balaban J connectivity index is 0.000000131. The van der Waals surface area contributed by atoms with E-state index in [1.807, 2.05) is 0 Å². The van der Waals surface area contributed by atoms with E-state index in [0.717, 1.165) is 78.6 Å². The van der Waals surface area contributed by atoms with Crippen LogP contribution < -0.4 is 0 Å². The number of ketones is 1. The highest BCUT2D eigenvalue weighted by Gasteiger charge is 2.75. The summed E-state index contributed by atoms with van der Waals surface area (Å²) in [5.41, 5.74) is -4.71. The molecule has 24 aliphatic carbocycles. The van der Waals surface area contributed by atoms with Gasteiger partial charge in [-0.25, -0.2) is 57.5 Å². The van der Waals surface area contributed by atoms with Crippen LogP contribution in [0.25, 0.3) is 0 Å². The zero-order valence-electron chi connectivity index (χ0n) is 82.8. The molecule has 4 heterocycles. The minimum atomic E-state index is -4.36. The van der Waals surface area contributed by atoms with Gasteiger partial charge in [-0.3, -0.25) is 42.5 Å².